The molecule has 0 aromatic carbocycles. The molecule has 2 aliphatic rings. The van der Waals surface area contributed by atoms with E-state index in [0.29, 0.717) is 19.6 Å². The number of nitrogens with zero attached hydrogens (tertiary/aromatic N) is 2. The third-order valence-electron chi connectivity index (χ3n) is 5.30. The summed E-state index contributed by atoms with van der Waals surface area (Å²) in [5, 5.41) is 0. The molecule has 1 heterocycles. The summed E-state index contributed by atoms with van der Waals surface area (Å²) >= 11 is 0. The van der Waals surface area contributed by atoms with E-state index in [1.807, 2.05) is 0 Å². The van der Waals surface area contributed by atoms with Crippen LogP contribution in [0, 0.1) is 5.41 Å². The molecule has 1 saturated heterocycles. The van der Waals surface area contributed by atoms with Gasteiger partial charge in [0.15, 0.2) is 0 Å². The average Bonchev–Trinajstić information content (AvgIpc) is 2.64. The summed E-state index contributed by atoms with van der Waals surface area (Å²) in [6.45, 7) is 8.05. The third kappa shape index (κ3) is 2.55. The Morgan fingerprint density at radius 1 is 1.11 bits per heavy atom. The molecular weight excluding hydrogens is 262 g/mol. The second-order valence-corrected chi connectivity index (χ2v) is 8.60. The van der Waals surface area contributed by atoms with Crippen LogP contribution in [0.15, 0.2) is 0 Å². The molecule has 2 fully saturated rings. The quantitative estimate of drug-likeness (QED) is 0.820. The topological polar surface area (TPSA) is 66.6 Å². The Morgan fingerprint density at radius 3 is 2.05 bits per heavy atom. The molecule has 112 valence electrons. The van der Waals surface area contributed by atoms with Crippen LogP contribution >= 0.6 is 0 Å². The molecule has 5 nitrogen and oxygen atoms in total. The van der Waals surface area contributed by atoms with Crippen LogP contribution in [0.2, 0.25) is 0 Å². The molecular formula is C13H27N3O2S. The lowest BCUT2D eigenvalue weighted by Crippen LogP contribution is -2.64. The van der Waals surface area contributed by atoms with Crippen molar-refractivity contribution in [3.8, 4) is 0 Å². The van der Waals surface area contributed by atoms with Gasteiger partial charge in [-0.15, -0.1) is 0 Å². The van der Waals surface area contributed by atoms with Crippen molar-refractivity contribution in [2.45, 2.75) is 38.6 Å². The first-order valence-electron chi connectivity index (χ1n) is 7.13. The highest BCUT2D eigenvalue weighted by Gasteiger charge is 2.52. The van der Waals surface area contributed by atoms with Crippen LogP contribution in [0.1, 0.15) is 33.1 Å². The summed E-state index contributed by atoms with van der Waals surface area (Å²) in [5.74, 6) is 0. The number of hydrogen-bond donors (Lipinski definition) is 1. The molecule has 1 aliphatic carbocycles. The van der Waals surface area contributed by atoms with E-state index in [4.69, 9.17) is 5.73 Å². The zero-order valence-electron chi connectivity index (χ0n) is 12.4. The van der Waals surface area contributed by atoms with Crippen LogP contribution in [0.4, 0.5) is 0 Å². The molecule has 1 atom stereocenters. The summed E-state index contributed by atoms with van der Waals surface area (Å²) in [4.78, 5) is 2.45. The highest BCUT2D eigenvalue weighted by molar-refractivity contribution is 7.88. The molecule has 1 aliphatic heterocycles. The largest absolute Gasteiger partial charge is 0.329 e. The minimum absolute atomic E-state index is 0.0522. The number of sulfonamides is 1. The first-order valence-corrected chi connectivity index (χ1v) is 8.98. The van der Waals surface area contributed by atoms with Crippen molar-refractivity contribution >= 4 is 10.0 Å². The lowest BCUT2D eigenvalue weighted by Gasteiger charge is -2.52. The van der Waals surface area contributed by atoms with Crippen LogP contribution in [0.3, 0.4) is 0 Å². The number of rotatable bonds is 3. The van der Waals surface area contributed by atoms with Gasteiger partial charge >= 0.3 is 0 Å². The lowest BCUT2D eigenvalue weighted by atomic mass is 9.73. The maximum atomic E-state index is 11.6. The Morgan fingerprint density at radius 2 is 1.68 bits per heavy atom. The Kier molecular flexibility index (Phi) is 3.99. The Bertz CT molecular complexity index is 427. The van der Waals surface area contributed by atoms with Gasteiger partial charge in [0.05, 0.1) is 6.26 Å². The normalized spacial score (nSPS) is 33.7. The van der Waals surface area contributed by atoms with Crippen molar-refractivity contribution in [1.29, 1.82) is 0 Å². The van der Waals surface area contributed by atoms with Crippen molar-refractivity contribution in [3.63, 3.8) is 0 Å². The molecule has 1 saturated carbocycles. The molecule has 6 heteroatoms. The fraction of sp³-hybridized carbons (Fsp3) is 1.00. The standard InChI is InChI=1S/C13H27N3O2S/c1-12(2)5-4-6-13(12,11-14)15-7-9-16(10-8-15)19(3,17)18/h4-11,14H2,1-3H3. The van der Waals surface area contributed by atoms with E-state index in [9.17, 15) is 8.42 Å². The highest BCUT2D eigenvalue weighted by atomic mass is 32.2. The van der Waals surface area contributed by atoms with Crippen LogP contribution in [0.5, 0.6) is 0 Å². The fourth-order valence-electron chi connectivity index (χ4n) is 3.94. The summed E-state index contributed by atoms with van der Waals surface area (Å²) in [7, 11) is -3.05. The predicted molar refractivity (Wildman–Crippen MR) is 77.4 cm³/mol. The monoisotopic (exact) mass is 289 g/mol. The summed E-state index contributed by atoms with van der Waals surface area (Å²) < 4.78 is 24.7. The van der Waals surface area contributed by atoms with Crippen molar-refractivity contribution in [3.05, 3.63) is 0 Å². The van der Waals surface area contributed by atoms with E-state index in [2.05, 4.69) is 18.7 Å². The van der Waals surface area contributed by atoms with Gasteiger partial charge in [0.2, 0.25) is 10.0 Å². The molecule has 0 amide bonds. The molecule has 2 rings (SSSR count). The first-order chi connectivity index (χ1) is 8.73. The zero-order chi connectivity index (χ0) is 14.3. The van der Waals surface area contributed by atoms with E-state index in [1.54, 1.807) is 4.31 Å². The van der Waals surface area contributed by atoms with Gasteiger partial charge in [-0.05, 0) is 18.3 Å². The summed E-state index contributed by atoms with van der Waals surface area (Å²) in [6.07, 6.45) is 4.85. The second-order valence-electron chi connectivity index (χ2n) is 6.62. The van der Waals surface area contributed by atoms with Crippen molar-refractivity contribution in [1.82, 2.24) is 9.21 Å². The van der Waals surface area contributed by atoms with Crippen molar-refractivity contribution < 1.29 is 8.42 Å². The van der Waals surface area contributed by atoms with E-state index in [-0.39, 0.29) is 11.0 Å². The average molecular weight is 289 g/mol. The number of hydrogen-bond acceptors (Lipinski definition) is 4. The van der Waals surface area contributed by atoms with Crippen LogP contribution < -0.4 is 5.73 Å². The van der Waals surface area contributed by atoms with Crippen molar-refractivity contribution in [2.24, 2.45) is 11.1 Å². The highest BCUT2D eigenvalue weighted by Crippen LogP contribution is 2.49. The van der Waals surface area contributed by atoms with Gasteiger partial charge in [-0.2, -0.15) is 4.31 Å². The summed E-state index contributed by atoms with van der Waals surface area (Å²) in [5.41, 5.74) is 6.39. The van der Waals surface area contributed by atoms with E-state index in [1.165, 1.54) is 19.1 Å². The second kappa shape index (κ2) is 4.98. The van der Waals surface area contributed by atoms with Gasteiger partial charge in [0, 0.05) is 38.3 Å². The molecule has 0 radical (unpaired) electrons. The van der Waals surface area contributed by atoms with Gasteiger partial charge in [-0.3, -0.25) is 4.90 Å². The van der Waals surface area contributed by atoms with Gasteiger partial charge < -0.3 is 5.73 Å². The maximum absolute atomic E-state index is 11.6. The van der Waals surface area contributed by atoms with E-state index >= 15 is 0 Å². The van der Waals surface area contributed by atoms with E-state index < -0.39 is 10.0 Å². The SMILES string of the molecule is CC1(C)CCCC1(CN)N1CCN(S(C)(=O)=O)CC1. The van der Waals surface area contributed by atoms with Crippen LogP contribution in [-0.4, -0.2) is 62.1 Å². The predicted octanol–water partition coefficient (Wildman–Crippen LogP) is 0.471. The van der Waals surface area contributed by atoms with Gasteiger partial charge in [0.25, 0.3) is 0 Å². The molecule has 0 spiro atoms. The van der Waals surface area contributed by atoms with E-state index in [0.717, 1.165) is 19.5 Å². The number of piperazine rings is 1. The smallest absolute Gasteiger partial charge is 0.211 e. The Labute approximate surface area is 117 Å². The first kappa shape index (κ1) is 15.2. The minimum atomic E-state index is -3.05. The molecule has 2 N–H and O–H groups in total. The molecule has 0 aromatic rings. The zero-order valence-corrected chi connectivity index (χ0v) is 13.2. The van der Waals surface area contributed by atoms with Gasteiger partial charge in [-0.1, -0.05) is 20.3 Å². The third-order valence-corrected chi connectivity index (χ3v) is 6.61. The van der Waals surface area contributed by atoms with Crippen molar-refractivity contribution in [2.75, 3.05) is 39.0 Å². The lowest BCUT2D eigenvalue weighted by molar-refractivity contribution is -0.00703. The Hall–Kier alpha value is -0.170. The summed E-state index contributed by atoms with van der Waals surface area (Å²) in [6, 6.07) is 0. The van der Waals surface area contributed by atoms with Crippen LogP contribution in [-0.2, 0) is 10.0 Å². The van der Waals surface area contributed by atoms with Gasteiger partial charge in [-0.25, -0.2) is 8.42 Å². The van der Waals surface area contributed by atoms with Gasteiger partial charge in [0.1, 0.15) is 0 Å². The molecule has 0 bridgehead atoms. The molecule has 19 heavy (non-hydrogen) atoms. The maximum Gasteiger partial charge on any atom is 0.211 e. The Balaban J connectivity index is 2.12. The molecule has 1 unspecified atom stereocenters. The fourth-order valence-corrected chi connectivity index (χ4v) is 4.76. The van der Waals surface area contributed by atoms with Crippen LogP contribution in [0.25, 0.3) is 0 Å². The minimum Gasteiger partial charge on any atom is -0.329 e. The molecule has 0 aromatic heterocycles. The number of nitrogens with two attached hydrogens (primary N) is 1.